The summed E-state index contributed by atoms with van der Waals surface area (Å²) in [6, 6.07) is 12.1. The van der Waals surface area contributed by atoms with Crippen LogP contribution in [-0.4, -0.2) is 42.2 Å². The Balaban J connectivity index is 1.50. The van der Waals surface area contributed by atoms with Gasteiger partial charge in [0.05, 0.1) is 33.9 Å². The topological polar surface area (TPSA) is 94.8 Å². The Morgan fingerprint density at radius 3 is 2.79 bits per heavy atom. The second-order valence-corrected chi connectivity index (χ2v) is 7.33. The van der Waals surface area contributed by atoms with Crippen molar-refractivity contribution in [1.82, 2.24) is 4.98 Å². The van der Waals surface area contributed by atoms with E-state index in [2.05, 4.69) is 4.98 Å². The van der Waals surface area contributed by atoms with E-state index in [-0.39, 0.29) is 17.9 Å². The summed E-state index contributed by atoms with van der Waals surface area (Å²) in [4.78, 5) is 29.7. The maximum atomic E-state index is 12.4. The number of esters is 1. The molecule has 0 N–H and O–H groups in total. The first-order chi connectivity index (χ1) is 13.6. The highest BCUT2D eigenvalue weighted by Crippen LogP contribution is 2.30. The molecule has 9 heteroatoms. The second kappa shape index (κ2) is 7.91. The van der Waals surface area contributed by atoms with E-state index in [1.807, 2.05) is 29.2 Å². The number of hydrogen-bond acceptors (Lipinski definition) is 8. The number of ether oxygens (including phenoxy) is 2. The summed E-state index contributed by atoms with van der Waals surface area (Å²) in [6.45, 7) is 2.20. The Morgan fingerprint density at radius 2 is 2.04 bits per heavy atom. The van der Waals surface area contributed by atoms with Crippen molar-refractivity contribution in [2.75, 3.05) is 31.2 Å². The number of nitro groups is 1. The third-order valence-electron chi connectivity index (χ3n) is 4.42. The average molecular weight is 399 g/mol. The molecule has 0 atom stereocenters. The molecule has 2 heterocycles. The fraction of sp³-hybridized carbons (Fsp3) is 0.263. The van der Waals surface area contributed by atoms with Gasteiger partial charge in [0.25, 0.3) is 5.69 Å². The van der Waals surface area contributed by atoms with Crippen LogP contribution in [0, 0.1) is 10.1 Å². The van der Waals surface area contributed by atoms with Gasteiger partial charge >= 0.3 is 5.97 Å². The van der Waals surface area contributed by atoms with Gasteiger partial charge in [-0.3, -0.25) is 10.1 Å². The molecule has 0 spiro atoms. The highest BCUT2D eigenvalue weighted by Gasteiger charge is 2.24. The maximum Gasteiger partial charge on any atom is 0.338 e. The van der Waals surface area contributed by atoms with E-state index in [0.29, 0.717) is 37.0 Å². The minimum absolute atomic E-state index is 0.0250. The lowest BCUT2D eigenvalue weighted by atomic mass is 10.1. The van der Waals surface area contributed by atoms with E-state index in [0.717, 1.165) is 10.2 Å². The SMILES string of the molecule is O=C(OCc1nc2ccccc2s1)c1ccc(N2CCOCC2)c([N+](=O)[O-])c1. The summed E-state index contributed by atoms with van der Waals surface area (Å²) in [5, 5.41) is 12.2. The quantitative estimate of drug-likeness (QED) is 0.369. The van der Waals surface area contributed by atoms with Gasteiger partial charge in [-0.1, -0.05) is 12.1 Å². The Bertz CT molecular complexity index is 996. The summed E-state index contributed by atoms with van der Waals surface area (Å²) in [5.74, 6) is -0.615. The standard InChI is InChI=1S/C19H17N3O5S/c23-19(27-12-18-20-14-3-1-2-4-17(14)28-18)13-5-6-15(16(11-13)22(24)25)21-7-9-26-10-8-21/h1-6,11H,7-10,12H2. The van der Waals surface area contributed by atoms with Crippen molar-refractivity contribution in [1.29, 1.82) is 0 Å². The van der Waals surface area contributed by atoms with Gasteiger partial charge in [0.1, 0.15) is 17.3 Å². The molecular formula is C19H17N3O5S. The number of para-hydroxylation sites is 1. The van der Waals surface area contributed by atoms with Crippen LogP contribution in [0.2, 0.25) is 0 Å². The summed E-state index contributed by atoms with van der Waals surface area (Å²) in [7, 11) is 0. The van der Waals surface area contributed by atoms with Gasteiger partial charge in [-0.05, 0) is 24.3 Å². The molecule has 4 rings (SSSR count). The summed E-state index contributed by atoms with van der Waals surface area (Å²) in [6.07, 6.45) is 0. The zero-order valence-corrected chi connectivity index (χ0v) is 15.7. The molecule has 28 heavy (non-hydrogen) atoms. The Kier molecular flexibility index (Phi) is 5.18. The van der Waals surface area contributed by atoms with Gasteiger partial charge in [-0.15, -0.1) is 11.3 Å². The van der Waals surface area contributed by atoms with Gasteiger partial charge in [0, 0.05) is 19.2 Å². The van der Waals surface area contributed by atoms with Crippen molar-refractivity contribution in [3.8, 4) is 0 Å². The summed E-state index contributed by atoms with van der Waals surface area (Å²) < 4.78 is 11.6. The summed E-state index contributed by atoms with van der Waals surface area (Å²) >= 11 is 1.45. The molecule has 2 aromatic carbocycles. The Morgan fingerprint density at radius 1 is 1.25 bits per heavy atom. The molecule has 1 saturated heterocycles. The number of anilines is 1. The average Bonchev–Trinajstić information content (AvgIpc) is 3.15. The van der Waals surface area contributed by atoms with Gasteiger partial charge in [-0.2, -0.15) is 0 Å². The van der Waals surface area contributed by atoms with E-state index in [4.69, 9.17) is 9.47 Å². The van der Waals surface area contributed by atoms with Crippen LogP contribution < -0.4 is 4.90 Å². The minimum atomic E-state index is -0.615. The number of aromatic nitrogens is 1. The maximum absolute atomic E-state index is 12.4. The first-order valence-electron chi connectivity index (χ1n) is 8.74. The van der Waals surface area contributed by atoms with Crippen molar-refractivity contribution in [3.63, 3.8) is 0 Å². The summed E-state index contributed by atoms with van der Waals surface area (Å²) in [5.41, 5.74) is 1.36. The van der Waals surface area contributed by atoms with Gasteiger partial charge in [0.15, 0.2) is 0 Å². The number of rotatable bonds is 5. The number of nitro benzene ring substituents is 1. The first kappa shape index (κ1) is 18.3. The fourth-order valence-electron chi connectivity index (χ4n) is 3.06. The molecule has 0 radical (unpaired) electrons. The van der Waals surface area contributed by atoms with Crippen LogP contribution in [0.5, 0.6) is 0 Å². The molecule has 1 fully saturated rings. The molecule has 1 aromatic heterocycles. The number of benzene rings is 2. The molecule has 3 aromatic rings. The largest absolute Gasteiger partial charge is 0.455 e. The predicted molar refractivity (Wildman–Crippen MR) is 105 cm³/mol. The van der Waals surface area contributed by atoms with Crippen LogP contribution in [0.25, 0.3) is 10.2 Å². The highest BCUT2D eigenvalue weighted by molar-refractivity contribution is 7.18. The zero-order chi connectivity index (χ0) is 19.5. The third kappa shape index (κ3) is 3.80. The number of carbonyl (C=O) groups excluding carboxylic acids is 1. The molecule has 0 saturated carbocycles. The molecule has 0 bridgehead atoms. The number of thiazole rings is 1. The van der Waals surface area contributed by atoms with E-state index in [9.17, 15) is 14.9 Å². The monoisotopic (exact) mass is 399 g/mol. The van der Waals surface area contributed by atoms with Crippen LogP contribution in [-0.2, 0) is 16.1 Å². The van der Waals surface area contributed by atoms with Crippen molar-refractivity contribution in [2.45, 2.75) is 6.61 Å². The van der Waals surface area contributed by atoms with Crippen LogP contribution in [0.1, 0.15) is 15.4 Å². The van der Waals surface area contributed by atoms with E-state index >= 15 is 0 Å². The number of hydrogen-bond donors (Lipinski definition) is 0. The van der Waals surface area contributed by atoms with Crippen LogP contribution >= 0.6 is 11.3 Å². The van der Waals surface area contributed by atoms with Crippen LogP contribution in [0.3, 0.4) is 0 Å². The number of morpholine rings is 1. The van der Waals surface area contributed by atoms with Crippen molar-refractivity contribution < 1.29 is 19.2 Å². The molecule has 8 nitrogen and oxygen atoms in total. The van der Waals surface area contributed by atoms with Crippen LogP contribution in [0.4, 0.5) is 11.4 Å². The second-order valence-electron chi connectivity index (χ2n) is 6.21. The fourth-order valence-corrected chi connectivity index (χ4v) is 3.94. The van der Waals surface area contributed by atoms with E-state index in [1.165, 1.54) is 17.4 Å². The van der Waals surface area contributed by atoms with Crippen LogP contribution in [0.15, 0.2) is 42.5 Å². The highest BCUT2D eigenvalue weighted by atomic mass is 32.1. The zero-order valence-electron chi connectivity index (χ0n) is 14.9. The number of nitrogens with zero attached hydrogens (tertiary/aromatic N) is 3. The lowest BCUT2D eigenvalue weighted by Crippen LogP contribution is -2.36. The lowest BCUT2D eigenvalue weighted by Gasteiger charge is -2.28. The molecule has 0 unspecified atom stereocenters. The molecule has 1 aliphatic rings. The molecule has 0 amide bonds. The molecule has 144 valence electrons. The lowest BCUT2D eigenvalue weighted by molar-refractivity contribution is -0.384. The van der Waals surface area contributed by atoms with Gasteiger partial charge in [0.2, 0.25) is 0 Å². The molecular weight excluding hydrogens is 382 g/mol. The molecule has 0 aliphatic carbocycles. The Hall–Kier alpha value is -3.04. The minimum Gasteiger partial charge on any atom is -0.455 e. The van der Waals surface area contributed by atoms with Crippen molar-refractivity contribution in [3.05, 3.63) is 63.1 Å². The van der Waals surface area contributed by atoms with E-state index < -0.39 is 10.9 Å². The first-order valence-corrected chi connectivity index (χ1v) is 9.56. The predicted octanol–water partition coefficient (Wildman–Crippen LogP) is 3.40. The Labute approximate surface area is 164 Å². The molecule has 1 aliphatic heterocycles. The van der Waals surface area contributed by atoms with Gasteiger partial charge < -0.3 is 14.4 Å². The van der Waals surface area contributed by atoms with Gasteiger partial charge in [-0.25, -0.2) is 9.78 Å². The van der Waals surface area contributed by atoms with Crippen molar-refractivity contribution >= 4 is 38.9 Å². The third-order valence-corrected chi connectivity index (χ3v) is 5.43. The smallest absolute Gasteiger partial charge is 0.338 e. The normalized spacial score (nSPS) is 14.2. The van der Waals surface area contributed by atoms with Crippen molar-refractivity contribution in [2.24, 2.45) is 0 Å². The number of fused-ring (bicyclic) bond motifs is 1. The number of carbonyl (C=O) groups is 1. The van der Waals surface area contributed by atoms with E-state index in [1.54, 1.807) is 12.1 Å².